The molecule has 7 heteroatoms. The fourth-order valence-electron chi connectivity index (χ4n) is 3.98. The topological polar surface area (TPSA) is 59.5 Å². The highest BCUT2D eigenvalue weighted by atomic mass is 35.5. The lowest BCUT2D eigenvalue weighted by Crippen LogP contribution is -2.41. The number of halogens is 1. The Morgan fingerprint density at radius 1 is 1.07 bits per heavy atom. The van der Waals surface area contributed by atoms with Crippen LogP contribution in [0.5, 0.6) is 5.75 Å². The Balaban J connectivity index is 0.00000240. The second kappa shape index (κ2) is 9.45. The number of ether oxygens (including phenoxy) is 1. The van der Waals surface area contributed by atoms with E-state index in [0.29, 0.717) is 17.3 Å². The molecule has 2 aromatic rings. The summed E-state index contributed by atoms with van der Waals surface area (Å²) in [6.45, 7) is 4.64. The second-order valence-corrected chi connectivity index (χ2v) is 9.71. The maximum Gasteiger partial charge on any atom is 0.208 e. The van der Waals surface area contributed by atoms with Crippen molar-refractivity contribution in [3.05, 3.63) is 47.8 Å². The average Bonchev–Trinajstić information content (AvgIpc) is 2.87. The number of fused-ring (bicyclic) bond motifs is 1. The SMILES string of the molecule is CCCOc1cncc(S(=O)(=O)c2ccc3c(c2)CCN(C2CCC2)CC3)c1.Cl. The molecule has 0 unspecified atom stereocenters. The molecule has 1 aliphatic heterocycles. The summed E-state index contributed by atoms with van der Waals surface area (Å²) >= 11 is 0. The summed E-state index contributed by atoms with van der Waals surface area (Å²) < 4.78 is 31.9. The van der Waals surface area contributed by atoms with E-state index in [1.54, 1.807) is 18.3 Å². The first-order valence-corrected chi connectivity index (χ1v) is 11.7. The maximum atomic E-state index is 13.2. The number of nitrogens with zero attached hydrogens (tertiary/aromatic N) is 2. The Morgan fingerprint density at radius 2 is 1.83 bits per heavy atom. The molecule has 0 radical (unpaired) electrons. The summed E-state index contributed by atoms with van der Waals surface area (Å²) in [4.78, 5) is 7.18. The van der Waals surface area contributed by atoms with E-state index in [1.807, 2.05) is 19.1 Å². The molecule has 5 nitrogen and oxygen atoms in total. The summed E-state index contributed by atoms with van der Waals surface area (Å²) in [5, 5.41) is 0. The highest BCUT2D eigenvalue weighted by Crippen LogP contribution is 2.30. The van der Waals surface area contributed by atoms with Crippen LogP contribution in [0.1, 0.15) is 43.7 Å². The zero-order valence-corrected chi connectivity index (χ0v) is 18.5. The van der Waals surface area contributed by atoms with Gasteiger partial charge in [-0.1, -0.05) is 19.4 Å². The van der Waals surface area contributed by atoms with E-state index in [0.717, 1.165) is 44.0 Å². The number of hydrogen-bond donors (Lipinski definition) is 0. The third kappa shape index (κ3) is 4.76. The average molecular weight is 437 g/mol. The molecule has 1 aliphatic carbocycles. The van der Waals surface area contributed by atoms with E-state index in [1.165, 1.54) is 31.0 Å². The van der Waals surface area contributed by atoms with Crippen LogP contribution in [0.4, 0.5) is 0 Å². The molecule has 1 fully saturated rings. The first kappa shape index (κ1) is 22.1. The highest BCUT2D eigenvalue weighted by molar-refractivity contribution is 7.91. The second-order valence-electron chi connectivity index (χ2n) is 7.76. The Labute approximate surface area is 179 Å². The predicted octanol–water partition coefficient (Wildman–Crippen LogP) is 4.08. The molecular formula is C22H29ClN2O3S. The van der Waals surface area contributed by atoms with Gasteiger partial charge in [-0.3, -0.25) is 9.88 Å². The van der Waals surface area contributed by atoms with Crippen molar-refractivity contribution in [1.29, 1.82) is 0 Å². The number of sulfone groups is 1. The molecule has 158 valence electrons. The highest BCUT2D eigenvalue weighted by Gasteiger charge is 2.27. The third-order valence-corrected chi connectivity index (χ3v) is 7.61. The van der Waals surface area contributed by atoms with Crippen LogP contribution in [0.25, 0.3) is 0 Å². The van der Waals surface area contributed by atoms with Gasteiger partial charge in [-0.2, -0.15) is 0 Å². The van der Waals surface area contributed by atoms with E-state index in [4.69, 9.17) is 4.74 Å². The van der Waals surface area contributed by atoms with E-state index < -0.39 is 9.84 Å². The van der Waals surface area contributed by atoms with Crippen LogP contribution in [-0.2, 0) is 22.7 Å². The first-order valence-electron chi connectivity index (χ1n) is 10.3. The van der Waals surface area contributed by atoms with Crippen LogP contribution in [0.15, 0.2) is 46.5 Å². The zero-order chi connectivity index (χ0) is 19.6. The van der Waals surface area contributed by atoms with Crippen LogP contribution < -0.4 is 4.74 Å². The van der Waals surface area contributed by atoms with Gasteiger partial charge in [0, 0.05) is 31.4 Å². The normalized spacial score (nSPS) is 17.6. The van der Waals surface area contributed by atoms with Crippen LogP contribution in [0.3, 0.4) is 0 Å². The van der Waals surface area contributed by atoms with Crippen LogP contribution in [-0.4, -0.2) is 44.0 Å². The molecule has 1 saturated carbocycles. The molecule has 29 heavy (non-hydrogen) atoms. The fraction of sp³-hybridized carbons (Fsp3) is 0.500. The van der Waals surface area contributed by atoms with Crippen molar-refractivity contribution in [2.24, 2.45) is 0 Å². The summed E-state index contributed by atoms with van der Waals surface area (Å²) in [7, 11) is -3.61. The summed E-state index contributed by atoms with van der Waals surface area (Å²) in [5.74, 6) is 0.494. The smallest absolute Gasteiger partial charge is 0.208 e. The summed E-state index contributed by atoms with van der Waals surface area (Å²) in [6, 6.07) is 7.91. The van der Waals surface area contributed by atoms with Crippen LogP contribution in [0, 0.1) is 0 Å². The quantitative estimate of drug-likeness (QED) is 0.682. The molecular weight excluding hydrogens is 408 g/mol. The van der Waals surface area contributed by atoms with Gasteiger partial charge in [-0.25, -0.2) is 8.42 Å². The van der Waals surface area contributed by atoms with Crippen molar-refractivity contribution in [3.8, 4) is 5.75 Å². The van der Waals surface area contributed by atoms with Crippen molar-refractivity contribution in [1.82, 2.24) is 9.88 Å². The van der Waals surface area contributed by atoms with Crippen LogP contribution in [0.2, 0.25) is 0 Å². The minimum atomic E-state index is -3.61. The van der Waals surface area contributed by atoms with Crippen molar-refractivity contribution in [2.45, 2.75) is 61.3 Å². The summed E-state index contributed by atoms with van der Waals surface area (Å²) in [5.41, 5.74) is 2.44. The van der Waals surface area contributed by atoms with Gasteiger partial charge < -0.3 is 4.74 Å². The molecule has 1 aromatic carbocycles. The lowest BCUT2D eigenvalue weighted by molar-refractivity contribution is 0.133. The molecule has 2 heterocycles. The van der Waals surface area contributed by atoms with E-state index in [2.05, 4.69) is 9.88 Å². The molecule has 0 spiro atoms. The van der Waals surface area contributed by atoms with E-state index in [9.17, 15) is 8.42 Å². The molecule has 2 aliphatic rings. The van der Waals surface area contributed by atoms with E-state index in [-0.39, 0.29) is 17.3 Å². The molecule has 0 amide bonds. The molecule has 1 aromatic heterocycles. The Kier molecular flexibility index (Phi) is 7.19. The minimum absolute atomic E-state index is 0. The monoisotopic (exact) mass is 436 g/mol. The molecule has 4 rings (SSSR count). The van der Waals surface area contributed by atoms with Crippen molar-refractivity contribution < 1.29 is 13.2 Å². The van der Waals surface area contributed by atoms with Gasteiger partial charge in [0.25, 0.3) is 0 Å². The fourth-order valence-corrected chi connectivity index (χ4v) is 5.27. The Morgan fingerprint density at radius 3 is 2.52 bits per heavy atom. The van der Waals surface area contributed by atoms with Gasteiger partial charge in [-0.05, 0) is 55.4 Å². The third-order valence-electron chi connectivity index (χ3n) is 5.89. The van der Waals surface area contributed by atoms with Gasteiger partial charge in [-0.15, -0.1) is 12.4 Å². The maximum absolute atomic E-state index is 13.2. The minimum Gasteiger partial charge on any atom is -0.492 e. The van der Waals surface area contributed by atoms with Gasteiger partial charge in [0.1, 0.15) is 5.75 Å². The largest absolute Gasteiger partial charge is 0.492 e. The molecule has 0 bridgehead atoms. The van der Waals surface area contributed by atoms with E-state index >= 15 is 0 Å². The van der Waals surface area contributed by atoms with Crippen molar-refractivity contribution in [3.63, 3.8) is 0 Å². The zero-order valence-electron chi connectivity index (χ0n) is 16.8. The number of rotatable bonds is 6. The Bertz CT molecular complexity index is 945. The molecule has 0 N–H and O–H groups in total. The number of hydrogen-bond acceptors (Lipinski definition) is 5. The summed E-state index contributed by atoms with van der Waals surface area (Å²) in [6.07, 6.45) is 9.67. The van der Waals surface area contributed by atoms with Gasteiger partial charge in [0.05, 0.1) is 22.6 Å². The van der Waals surface area contributed by atoms with Gasteiger partial charge in [0.2, 0.25) is 9.84 Å². The van der Waals surface area contributed by atoms with Crippen molar-refractivity contribution in [2.75, 3.05) is 19.7 Å². The number of aromatic nitrogens is 1. The first-order chi connectivity index (χ1) is 13.6. The van der Waals surface area contributed by atoms with Gasteiger partial charge in [0.15, 0.2) is 0 Å². The molecule has 0 saturated heterocycles. The predicted molar refractivity (Wildman–Crippen MR) is 116 cm³/mol. The number of benzene rings is 1. The standard InChI is InChI=1S/C22H28N2O3S.ClH/c1-2-12-27-20-14-22(16-23-15-20)28(25,26)21-7-6-17-8-10-24(19-4-3-5-19)11-9-18(17)13-21;/h6-7,13-16,19H,2-5,8-12H2,1H3;1H. The van der Waals surface area contributed by atoms with Crippen molar-refractivity contribution >= 4 is 22.2 Å². The number of pyridine rings is 1. The van der Waals surface area contributed by atoms with Gasteiger partial charge >= 0.3 is 0 Å². The Hall–Kier alpha value is -1.63. The molecule has 0 atom stereocenters. The lowest BCUT2D eigenvalue weighted by atomic mass is 9.91. The van der Waals surface area contributed by atoms with Crippen LogP contribution >= 0.6 is 12.4 Å². The lowest BCUT2D eigenvalue weighted by Gasteiger charge is -2.36.